The second-order valence-electron chi connectivity index (χ2n) is 14.3. The second-order valence-corrected chi connectivity index (χ2v) is 14.3. The van der Waals surface area contributed by atoms with Gasteiger partial charge in [-0.25, -0.2) is 4.98 Å². The molecule has 3 aromatic heterocycles. The van der Waals surface area contributed by atoms with Gasteiger partial charge in [0.15, 0.2) is 0 Å². The summed E-state index contributed by atoms with van der Waals surface area (Å²) in [4.78, 5) is 4.83. The van der Waals surface area contributed by atoms with Crippen LogP contribution in [0, 0.1) is 37.3 Å². The molecule has 7 rings (SSSR count). The number of rotatable bonds is 8. The summed E-state index contributed by atoms with van der Waals surface area (Å²) in [5.41, 5.74) is 9.97. The summed E-state index contributed by atoms with van der Waals surface area (Å²) in [6.45, 7) is 18.0. The van der Waals surface area contributed by atoms with Crippen molar-refractivity contribution in [2.45, 2.75) is 67.7 Å². The van der Waals surface area contributed by atoms with E-state index in [9.17, 15) is 0 Å². The molecule has 0 aliphatic heterocycles. The van der Waals surface area contributed by atoms with E-state index in [2.05, 4.69) is 133 Å². The minimum absolute atomic E-state index is 0. The van der Waals surface area contributed by atoms with Crippen molar-refractivity contribution in [3.05, 3.63) is 132 Å². The van der Waals surface area contributed by atoms with Gasteiger partial charge < -0.3 is 9.30 Å². The molecule has 0 aliphatic rings. The van der Waals surface area contributed by atoms with E-state index in [1.807, 2.05) is 41.2 Å². The van der Waals surface area contributed by atoms with E-state index in [-0.39, 0.29) is 26.5 Å². The van der Waals surface area contributed by atoms with Gasteiger partial charge in [-0.2, -0.15) is 17.2 Å². The molecule has 6 heteroatoms. The number of aryl methyl sites for hydroxylation is 2. The van der Waals surface area contributed by atoms with Gasteiger partial charge in [-0.05, 0) is 83.5 Å². The number of hydrogen-bond acceptors (Lipinski definition) is 3. The summed E-state index contributed by atoms with van der Waals surface area (Å²) in [5.74, 6) is 3.01. The van der Waals surface area contributed by atoms with Gasteiger partial charge in [0.1, 0.15) is 5.82 Å². The van der Waals surface area contributed by atoms with Crippen molar-refractivity contribution in [3.8, 4) is 34.1 Å². The van der Waals surface area contributed by atoms with E-state index in [0.717, 1.165) is 56.9 Å². The molecule has 0 N–H and O–H groups in total. The Bertz CT molecular complexity index is 2290. The maximum absolute atomic E-state index is 6.49. The Morgan fingerprint density at radius 1 is 0.820 bits per heavy atom. The first-order valence-corrected chi connectivity index (χ1v) is 17.3. The molecule has 0 aliphatic carbocycles. The van der Waals surface area contributed by atoms with Crippen LogP contribution in [0.3, 0.4) is 0 Å². The Labute approximate surface area is 310 Å². The molecule has 50 heavy (non-hydrogen) atoms. The van der Waals surface area contributed by atoms with Crippen LogP contribution in [0.2, 0.25) is 0 Å². The van der Waals surface area contributed by atoms with Crippen LogP contribution in [0.5, 0.6) is 11.5 Å². The first-order chi connectivity index (χ1) is 23.5. The maximum atomic E-state index is 6.49. The fourth-order valence-electron chi connectivity index (χ4n) is 7.00. The van der Waals surface area contributed by atoms with Gasteiger partial charge >= 0.3 is 21.1 Å². The molecule has 0 amide bonds. The summed E-state index contributed by atoms with van der Waals surface area (Å²) in [6.07, 6.45) is 2.83. The second kappa shape index (κ2) is 14.0. The van der Waals surface area contributed by atoms with Gasteiger partial charge in [-0.15, -0.1) is 35.7 Å². The first kappa shape index (κ1) is 35.4. The average molecular weight is 840 g/mol. The third-order valence-corrected chi connectivity index (χ3v) is 10.3. The number of aromatic nitrogens is 4. The van der Waals surface area contributed by atoms with Gasteiger partial charge in [0, 0.05) is 34.5 Å². The molecule has 4 aromatic carbocycles. The Hall–Kier alpha value is -4.47. The molecule has 0 saturated heterocycles. The minimum atomic E-state index is 0. The van der Waals surface area contributed by atoms with Crippen molar-refractivity contribution in [3.63, 3.8) is 0 Å². The smallest absolute Gasteiger partial charge is 0.509 e. The molecule has 0 bridgehead atoms. The van der Waals surface area contributed by atoms with Crippen LogP contribution >= 0.6 is 0 Å². The molecule has 0 radical (unpaired) electrons. The van der Waals surface area contributed by atoms with Crippen molar-refractivity contribution in [1.82, 2.24) is 19.3 Å². The van der Waals surface area contributed by atoms with Crippen molar-refractivity contribution in [2.24, 2.45) is 11.3 Å². The first-order valence-electron chi connectivity index (χ1n) is 17.3. The Balaban J connectivity index is 0.00000432. The molecular weight excluding hydrogens is 796 g/mol. The molecule has 0 fully saturated rings. The fraction of sp³-hybridized carbons (Fsp3) is 0.273. The van der Waals surface area contributed by atoms with E-state index >= 15 is 0 Å². The SMILES string of the molecule is CCc1ccnc(-n2c3[c-]c(Oc4[c-]c(-n5nc(C)c(-c6ccccc6)c5C)ccc4)ccc3c3cc(C(C)C(C)C(C)(C)C)ccc32)c1.[Pt+2]. The standard InChI is InChI=1S/C44H44N4O.Pt/c1-9-32-22-23-45-42(24-32)47-40-21-18-34(28(2)29(3)44(6,7)8)25-39(40)38-20-19-37(27-41(38)47)49-36-17-13-16-35(26-36)48-31(5)43(30(4)46-48)33-14-11-10-12-15-33;/h10-25,28-29H,9H2,1-8H3;/q-2;+2. The minimum Gasteiger partial charge on any atom is -0.509 e. The third-order valence-electron chi connectivity index (χ3n) is 10.3. The zero-order chi connectivity index (χ0) is 34.4. The number of nitrogens with zero attached hydrogens (tertiary/aromatic N) is 4. The van der Waals surface area contributed by atoms with Gasteiger partial charge in [0.25, 0.3) is 0 Å². The van der Waals surface area contributed by atoms with E-state index in [1.54, 1.807) is 0 Å². The predicted molar refractivity (Wildman–Crippen MR) is 201 cm³/mol. The Morgan fingerprint density at radius 3 is 2.32 bits per heavy atom. The van der Waals surface area contributed by atoms with Crippen LogP contribution in [-0.4, -0.2) is 19.3 Å². The number of hydrogen-bond donors (Lipinski definition) is 0. The number of fused-ring (bicyclic) bond motifs is 3. The quantitative estimate of drug-likeness (QED) is 0.143. The van der Waals surface area contributed by atoms with Crippen molar-refractivity contribution in [1.29, 1.82) is 0 Å². The van der Waals surface area contributed by atoms with Gasteiger partial charge in [-0.1, -0.05) is 89.5 Å². The van der Waals surface area contributed by atoms with Gasteiger partial charge in [0.05, 0.1) is 5.69 Å². The molecule has 0 spiro atoms. The van der Waals surface area contributed by atoms with E-state index in [0.29, 0.717) is 23.3 Å². The Morgan fingerprint density at radius 2 is 1.58 bits per heavy atom. The molecule has 0 saturated carbocycles. The normalized spacial score (nSPS) is 13.0. The van der Waals surface area contributed by atoms with Crippen LogP contribution in [0.4, 0.5) is 0 Å². The van der Waals surface area contributed by atoms with Crippen LogP contribution in [-0.2, 0) is 27.5 Å². The summed E-state index contributed by atoms with van der Waals surface area (Å²) in [7, 11) is 0. The molecule has 5 nitrogen and oxygen atoms in total. The van der Waals surface area contributed by atoms with E-state index < -0.39 is 0 Å². The van der Waals surface area contributed by atoms with Gasteiger partial charge in [-0.3, -0.25) is 4.68 Å². The summed E-state index contributed by atoms with van der Waals surface area (Å²) >= 11 is 0. The number of pyridine rings is 1. The summed E-state index contributed by atoms with van der Waals surface area (Å²) in [6, 6.07) is 38.7. The van der Waals surface area contributed by atoms with E-state index in [4.69, 9.17) is 14.8 Å². The molecule has 2 atom stereocenters. The number of ether oxygens (including phenoxy) is 1. The van der Waals surface area contributed by atoms with Crippen molar-refractivity contribution in [2.75, 3.05) is 0 Å². The van der Waals surface area contributed by atoms with Crippen LogP contribution in [0.25, 0.3) is 44.4 Å². The van der Waals surface area contributed by atoms with Crippen LogP contribution in [0.15, 0.2) is 97.2 Å². The van der Waals surface area contributed by atoms with Gasteiger partial charge in [0.2, 0.25) is 0 Å². The topological polar surface area (TPSA) is 44.9 Å². The molecule has 7 aromatic rings. The Kier molecular flexibility index (Phi) is 9.93. The maximum Gasteiger partial charge on any atom is 2.00 e. The third kappa shape index (κ3) is 6.56. The predicted octanol–water partition coefficient (Wildman–Crippen LogP) is 11.4. The molecule has 2 unspecified atom stereocenters. The number of benzene rings is 4. The van der Waals surface area contributed by atoms with E-state index in [1.165, 1.54) is 16.5 Å². The summed E-state index contributed by atoms with van der Waals surface area (Å²) in [5, 5.41) is 7.20. The molecule has 256 valence electrons. The average Bonchev–Trinajstić information content (AvgIpc) is 3.59. The monoisotopic (exact) mass is 839 g/mol. The zero-order valence-corrected chi connectivity index (χ0v) is 32.4. The fourth-order valence-corrected chi connectivity index (χ4v) is 7.00. The summed E-state index contributed by atoms with van der Waals surface area (Å²) < 4.78 is 10.7. The van der Waals surface area contributed by atoms with Crippen molar-refractivity contribution < 1.29 is 25.8 Å². The van der Waals surface area contributed by atoms with Crippen molar-refractivity contribution >= 4 is 21.8 Å². The van der Waals surface area contributed by atoms with Crippen LogP contribution in [0.1, 0.15) is 70.0 Å². The van der Waals surface area contributed by atoms with Crippen LogP contribution < -0.4 is 4.74 Å². The molecular formula is C44H44N4OPt. The zero-order valence-electron chi connectivity index (χ0n) is 30.1. The molecule has 3 heterocycles. The largest absolute Gasteiger partial charge is 2.00 e.